The molecule has 0 saturated heterocycles. The minimum Gasteiger partial charge on any atom is -0.507 e. The van der Waals surface area contributed by atoms with Crippen LogP contribution in [0.25, 0.3) is 0 Å². The average Bonchev–Trinajstić information content (AvgIpc) is 2.09. The molecule has 1 amide bonds. The number of nitrogen functional groups attached to an aromatic ring is 1. The number of benzene rings is 1. The molecule has 0 aliphatic heterocycles. The quantitative estimate of drug-likeness (QED) is 0.517. The molecule has 0 spiro atoms. The van der Waals surface area contributed by atoms with Crippen LogP contribution in [-0.2, 0) is 0 Å². The number of carbonyl (C=O) groups excluding carboxylic acids is 1. The van der Waals surface area contributed by atoms with Gasteiger partial charge in [-0.15, -0.1) is 0 Å². The molecule has 14 heavy (non-hydrogen) atoms. The van der Waals surface area contributed by atoms with E-state index < -0.39 is 0 Å². The van der Waals surface area contributed by atoms with Crippen LogP contribution in [0.15, 0.2) is 12.1 Å². The maximum Gasteiger partial charge on any atom is 0.257 e. The fraction of sp³-hybridized carbons (Fsp3) is 0.300. The van der Waals surface area contributed by atoms with Gasteiger partial charge in [-0.25, -0.2) is 0 Å². The molecular weight excluding hydrogens is 180 g/mol. The summed E-state index contributed by atoms with van der Waals surface area (Å²) in [7, 11) is 3.25. The number of nitrogens with two attached hydrogens (primary N) is 1. The highest BCUT2D eigenvalue weighted by Crippen LogP contribution is 2.25. The van der Waals surface area contributed by atoms with E-state index in [1.165, 1.54) is 11.0 Å². The highest BCUT2D eigenvalue weighted by molar-refractivity contribution is 5.97. The summed E-state index contributed by atoms with van der Waals surface area (Å²) in [5.41, 5.74) is 6.91. The van der Waals surface area contributed by atoms with Crippen LogP contribution in [0, 0.1) is 6.92 Å². The van der Waals surface area contributed by atoms with Gasteiger partial charge in [0, 0.05) is 19.8 Å². The molecule has 4 heteroatoms. The zero-order valence-corrected chi connectivity index (χ0v) is 8.53. The van der Waals surface area contributed by atoms with Crippen LogP contribution >= 0.6 is 0 Å². The standard InChI is InChI=1S/C10H14N2O2/c1-6-4-7(11)5-8(9(6)13)10(14)12(2)3/h4-5,13H,11H2,1-3H3. The van der Waals surface area contributed by atoms with Gasteiger partial charge in [-0.1, -0.05) is 0 Å². The van der Waals surface area contributed by atoms with E-state index in [1.807, 2.05) is 0 Å². The molecule has 0 bridgehead atoms. The lowest BCUT2D eigenvalue weighted by molar-refractivity contribution is 0.0824. The van der Waals surface area contributed by atoms with Gasteiger partial charge in [-0.3, -0.25) is 4.79 Å². The third-order valence-electron chi connectivity index (χ3n) is 1.96. The number of aryl methyl sites for hydroxylation is 1. The van der Waals surface area contributed by atoms with Crippen molar-refractivity contribution in [3.05, 3.63) is 23.3 Å². The Hall–Kier alpha value is -1.71. The Kier molecular flexibility index (Phi) is 2.65. The fourth-order valence-electron chi connectivity index (χ4n) is 1.21. The van der Waals surface area contributed by atoms with Crippen molar-refractivity contribution in [3.63, 3.8) is 0 Å². The Morgan fingerprint density at radius 2 is 2.00 bits per heavy atom. The van der Waals surface area contributed by atoms with Crippen molar-refractivity contribution in [3.8, 4) is 5.75 Å². The van der Waals surface area contributed by atoms with Crippen LogP contribution in [0.1, 0.15) is 15.9 Å². The van der Waals surface area contributed by atoms with E-state index in [4.69, 9.17) is 5.73 Å². The largest absolute Gasteiger partial charge is 0.507 e. The molecule has 0 radical (unpaired) electrons. The number of nitrogens with zero attached hydrogens (tertiary/aromatic N) is 1. The molecule has 1 rings (SSSR count). The summed E-state index contributed by atoms with van der Waals surface area (Å²) in [6.07, 6.45) is 0. The van der Waals surface area contributed by atoms with Crippen LogP contribution in [-0.4, -0.2) is 30.0 Å². The molecule has 76 valence electrons. The number of aromatic hydroxyl groups is 1. The number of phenols is 1. The lowest BCUT2D eigenvalue weighted by Crippen LogP contribution is -2.22. The molecule has 0 fully saturated rings. The second-order valence-electron chi connectivity index (χ2n) is 3.43. The van der Waals surface area contributed by atoms with Crippen molar-refractivity contribution < 1.29 is 9.90 Å². The van der Waals surface area contributed by atoms with E-state index in [1.54, 1.807) is 27.1 Å². The second-order valence-corrected chi connectivity index (χ2v) is 3.43. The van der Waals surface area contributed by atoms with Crippen molar-refractivity contribution >= 4 is 11.6 Å². The van der Waals surface area contributed by atoms with Crippen LogP contribution < -0.4 is 5.73 Å². The summed E-state index contributed by atoms with van der Waals surface area (Å²) in [5, 5.41) is 9.64. The SMILES string of the molecule is Cc1cc(N)cc(C(=O)N(C)C)c1O. The molecule has 1 aromatic carbocycles. The molecule has 0 saturated carbocycles. The van der Waals surface area contributed by atoms with Crippen LogP contribution in [0.5, 0.6) is 5.75 Å². The Balaban J connectivity index is 3.27. The number of hydrogen-bond donors (Lipinski definition) is 2. The molecule has 0 aliphatic rings. The smallest absolute Gasteiger partial charge is 0.257 e. The summed E-state index contributed by atoms with van der Waals surface area (Å²) in [6.45, 7) is 1.71. The maximum absolute atomic E-state index is 11.6. The van der Waals surface area contributed by atoms with E-state index in [0.29, 0.717) is 11.3 Å². The van der Waals surface area contributed by atoms with Crippen LogP contribution in [0.2, 0.25) is 0 Å². The van der Waals surface area contributed by atoms with Crippen molar-refractivity contribution in [2.24, 2.45) is 0 Å². The zero-order valence-electron chi connectivity index (χ0n) is 8.53. The Morgan fingerprint density at radius 1 is 1.43 bits per heavy atom. The summed E-state index contributed by atoms with van der Waals surface area (Å²) >= 11 is 0. The van der Waals surface area contributed by atoms with Crippen molar-refractivity contribution in [2.45, 2.75) is 6.92 Å². The molecule has 0 atom stereocenters. The summed E-state index contributed by atoms with van der Waals surface area (Å²) < 4.78 is 0. The second kappa shape index (κ2) is 3.57. The molecule has 0 aromatic heterocycles. The van der Waals surface area contributed by atoms with Gasteiger partial charge in [-0.05, 0) is 24.6 Å². The summed E-state index contributed by atoms with van der Waals surface area (Å²) in [6, 6.07) is 3.10. The first-order chi connectivity index (χ1) is 6.43. The predicted octanol–water partition coefficient (Wildman–Crippen LogP) is 0.985. The predicted molar refractivity (Wildman–Crippen MR) is 55.3 cm³/mol. The maximum atomic E-state index is 11.6. The third-order valence-corrected chi connectivity index (χ3v) is 1.96. The molecule has 3 N–H and O–H groups in total. The van der Waals surface area contributed by atoms with E-state index in [0.717, 1.165) is 0 Å². The minimum atomic E-state index is -0.252. The summed E-state index contributed by atoms with van der Waals surface area (Å²) in [4.78, 5) is 13.0. The van der Waals surface area contributed by atoms with Gasteiger partial charge >= 0.3 is 0 Å². The van der Waals surface area contributed by atoms with Crippen molar-refractivity contribution in [1.29, 1.82) is 0 Å². The monoisotopic (exact) mass is 194 g/mol. The summed E-state index contributed by atoms with van der Waals surface area (Å²) in [5.74, 6) is -0.254. The van der Waals surface area contributed by atoms with E-state index in [2.05, 4.69) is 0 Å². The van der Waals surface area contributed by atoms with Gasteiger partial charge in [0.05, 0.1) is 5.56 Å². The van der Waals surface area contributed by atoms with Gasteiger partial charge in [0.1, 0.15) is 5.75 Å². The van der Waals surface area contributed by atoms with Gasteiger partial charge in [-0.2, -0.15) is 0 Å². The van der Waals surface area contributed by atoms with Gasteiger partial charge in [0.25, 0.3) is 5.91 Å². The highest BCUT2D eigenvalue weighted by atomic mass is 16.3. The van der Waals surface area contributed by atoms with Crippen LogP contribution in [0.4, 0.5) is 5.69 Å². The molecule has 0 heterocycles. The van der Waals surface area contributed by atoms with E-state index >= 15 is 0 Å². The fourth-order valence-corrected chi connectivity index (χ4v) is 1.21. The van der Waals surface area contributed by atoms with Gasteiger partial charge in [0.15, 0.2) is 0 Å². The topological polar surface area (TPSA) is 66.6 Å². The normalized spacial score (nSPS) is 9.93. The molecule has 4 nitrogen and oxygen atoms in total. The zero-order chi connectivity index (χ0) is 10.9. The van der Waals surface area contributed by atoms with Crippen LogP contribution in [0.3, 0.4) is 0 Å². The van der Waals surface area contributed by atoms with Gasteiger partial charge in [0.2, 0.25) is 0 Å². The first-order valence-electron chi connectivity index (χ1n) is 4.24. The first-order valence-corrected chi connectivity index (χ1v) is 4.24. The lowest BCUT2D eigenvalue weighted by Gasteiger charge is -2.13. The van der Waals surface area contributed by atoms with E-state index in [9.17, 15) is 9.90 Å². The molecule has 0 unspecified atom stereocenters. The van der Waals surface area contributed by atoms with Crippen molar-refractivity contribution in [2.75, 3.05) is 19.8 Å². The average molecular weight is 194 g/mol. The number of phenolic OH excluding ortho intramolecular Hbond substituents is 1. The Bertz CT molecular complexity index is 373. The van der Waals surface area contributed by atoms with E-state index in [-0.39, 0.29) is 17.2 Å². The number of amides is 1. The third kappa shape index (κ3) is 1.79. The first kappa shape index (κ1) is 10.4. The molecule has 0 aliphatic carbocycles. The molecular formula is C10H14N2O2. The van der Waals surface area contributed by atoms with Gasteiger partial charge < -0.3 is 15.7 Å². The van der Waals surface area contributed by atoms with Crippen molar-refractivity contribution in [1.82, 2.24) is 4.90 Å². The number of carbonyl (C=O) groups is 1. The molecule has 1 aromatic rings. The number of hydrogen-bond acceptors (Lipinski definition) is 3. The Labute approximate surface area is 82.9 Å². The minimum absolute atomic E-state index is 0.00194. The lowest BCUT2D eigenvalue weighted by atomic mass is 10.1. The Morgan fingerprint density at radius 3 is 2.50 bits per heavy atom. The number of rotatable bonds is 1. The number of anilines is 1. The highest BCUT2D eigenvalue weighted by Gasteiger charge is 2.15.